The number of hydrogen-bond donors (Lipinski definition) is 1. The number of nitrogens with one attached hydrogen (secondary N) is 1. The summed E-state index contributed by atoms with van der Waals surface area (Å²) in [6.45, 7) is 1.74. The molecule has 0 aliphatic heterocycles. The number of amides is 1. The van der Waals surface area contributed by atoms with Crippen molar-refractivity contribution in [1.29, 1.82) is 0 Å². The molecule has 0 aliphatic carbocycles. The van der Waals surface area contributed by atoms with Gasteiger partial charge in [-0.15, -0.1) is 0 Å². The molecule has 0 saturated carbocycles. The van der Waals surface area contributed by atoms with Crippen LogP contribution in [0.25, 0.3) is 0 Å². The SMILES string of the molecule is CCC(=O)Nc1ccc(Cl)c(C(=O)OC)c1. The summed E-state index contributed by atoms with van der Waals surface area (Å²) >= 11 is 5.83. The van der Waals surface area contributed by atoms with Crippen LogP contribution in [-0.2, 0) is 9.53 Å². The van der Waals surface area contributed by atoms with E-state index in [9.17, 15) is 9.59 Å². The second kappa shape index (κ2) is 5.51. The van der Waals surface area contributed by atoms with Crippen LogP contribution < -0.4 is 5.32 Å². The van der Waals surface area contributed by atoms with E-state index in [4.69, 9.17) is 11.6 Å². The lowest BCUT2D eigenvalue weighted by Gasteiger charge is -2.07. The number of esters is 1. The minimum absolute atomic E-state index is 0.127. The fourth-order valence-electron chi connectivity index (χ4n) is 1.12. The number of halogens is 1. The first-order chi connectivity index (χ1) is 7.58. The Morgan fingerprint density at radius 2 is 2.12 bits per heavy atom. The Bertz CT molecular complexity index is 418. The van der Waals surface area contributed by atoms with E-state index >= 15 is 0 Å². The number of ether oxygens (including phenoxy) is 1. The number of methoxy groups -OCH3 is 1. The first-order valence-corrected chi connectivity index (χ1v) is 5.14. The zero-order valence-corrected chi connectivity index (χ0v) is 9.80. The average molecular weight is 242 g/mol. The molecule has 0 unspecified atom stereocenters. The third-order valence-corrected chi connectivity index (χ3v) is 2.31. The molecule has 1 amide bonds. The monoisotopic (exact) mass is 241 g/mol. The minimum atomic E-state index is -0.530. The zero-order chi connectivity index (χ0) is 12.1. The quantitative estimate of drug-likeness (QED) is 0.827. The van der Waals surface area contributed by atoms with Gasteiger partial charge in [0, 0.05) is 12.1 Å². The molecule has 0 aliphatic rings. The van der Waals surface area contributed by atoms with Gasteiger partial charge >= 0.3 is 5.97 Å². The van der Waals surface area contributed by atoms with Crippen LogP contribution in [0.15, 0.2) is 18.2 Å². The van der Waals surface area contributed by atoms with Gasteiger partial charge in [-0.25, -0.2) is 4.79 Å². The molecule has 0 radical (unpaired) electrons. The second-order valence-corrected chi connectivity index (χ2v) is 3.50. The number of anilines is 1. The van der Waals surface area contributed by atoms with E-state index in [1.807, 2.05) is 0 Å². The van der Waals surface area contributed by atoms with Crippen LogP contribution in [0.5, 0.6) is 0 Å². The molecule has 0 spiro atoms. The molecule has 0 aromatic heterocycles. The number of rotatable bonds is 3. The number of benzene rings is 1. The van der Waals surface area contributed by atoms with Crippen LogP contribution in [0.1, 0.15) is 23.7 Å². The molecular weight excluding hydrogens is 230 g/mol. The van der Waals surface area contributed by atoms with Gasteiger partial charge in [0.1, 0.15) is 0 Å². The van der Waals surface area contributed by atoms with Crippen molar-refractivity contribution in [2.75, 3.05) is 12.4 Å². The first-order valence-electron chi connectivity index (χ1n) is 4.76. The largest absolute Gasteiger partial charge is 0.465 e. The Hall–Kier alpha value is -1.55. The summed E-state index contributed by atoms with van der Waals surface area (Å²) in [4.78, 5) is 22.5. The van der Waals surface area contributed by atoms with Crippen molar-refractivity contribution in [3.8, 4) is 0 Å². The molecule has 1 rings (SSSR count). The number of hydrogen-bond acceptors (Lipinski definition) is 3. The molecule has 0 heterocycles. The second-order valence-electron chi connectivity index (χ2n) is 3.09. The van der Waals surface area contributed by atoms with Crippen LogP contribution in [-0.4, -0.2) is 19.0 Å². The molecule has 0 fully saturated rings. The molecule has 5 heteroatoms. The third-order valence-electron chi connectivity index (χ3n) is 1.98. The Morgan fingerprint density at radius 3 is 2.69 bits per heavy atom. The van der Waals surface area contributed by atoms with Gasteiger partial charge in [-0.05, 0) is 18.2 Å². The van der Waals surface area contributed by atoms with Crippen LogP contribution in [0.2, 0.25) is 5.02 Å². The van der Waals surface area contributed by atoms with E-state index in [0.717, 1.165) is 0 Å². The maximum absolute atomic E-state index is 11.3. The summed E-state index contributed by atoms with van der Waals surface area (Å²) in [6.07, 6.45) is 0.371. The summed E-state index contributed by atoms with van der Waals surface area (Å²) in [7, 11) is 1.27. The van der Waals surface area contributed by atoms with E-state index in [0.29, 0.717) is 17.1 Å². The van der Waals surface area contributed by atoms with E-state index in [-0.39, 0.29) is 11.5 Å². The molecule has 16 heavy (non-hydrogen) atoms. The summed E-state index contributed by atoms with van der Waals surface area (Å²) in [5, 5.41) is 2.93. The predicted molar refractivity (Wildman–Crippen MR) is 61.7 cm³/mol. The molecule has 0 saturated heterocycles. The fourth-order valence-corrected chi connectivity index (χ4v) is 1.31. The van der Waals surface area contributed by atoms with Crippen molar-refractivity contribution in [1.82, 2.24) is 0 Å². The fraction of sp³-hybridized carbons (Fsp3) is 0.273. The van der Waals surface area contributed by atoms with Gasteiger partial charge in [-0.3, -0.25) is 4.79 Å². The predicted octanol–water partition coefficient (Wildman–Crippen LogP) is 2.48. The van der Waals surface area contributed by atoms with Gasteiger partial charge in [0.15, 0.2) is 0 Å². The highest BCUT2D eigenvalue weighted by Crippen LogP contribution is 2.21. The molecule has 0 bridgehead atoms. The molecule has 86 valence electrons. The van der Waals surface area contributed by atoms with Gasteiger partial charge in [0.2, 0.25) is 5.91 Å². The summed E-state index contributed by atoms with van der Waals surface area (Å²) < 4.78 is 4.57. The highest BCUT2D eigenvalue weighted by molar-refractivity contribution is 6.33. The van der Waals surface area contributed by atoms with Crippen molar-refractivity contribution in [2.24, 2.45) is 0 Å². The van der Waals surface area contributed by atoms with Crippen LogP contribution >= 0.6 is 11.6 Å². The van der Waals surface area contributed by atoms with Gasteiger partial charge in [0.05, 0.1) is 17.7 Å². The lowest BCUT2D eigenvalue weighted by Crippen LogP contribution is -2.10. The third kappa shape index (κ3) is 2.97. The molecule has 1 aromatic carbocycles. The van der Waals surface area contributed by atoms with E-state index in [2.05, 4.69) is 10.1 Å². The summed E-state index contributed by atoms with van der Waals surface area (Å²) in [5.74, 6) is -0.657. The normalized spacial score (nSPS) is 9.69. The standard InChI is InChI=1S/C11H12ClNO3/c1-3-10(14)13-7-4-5-9(12)8(6-7)11(15)16-2/h4-6H,3H2,1-2H3,(H,13,14). The molecule has 4 nitrogen and oxygen atoms in total. The Morgan fingerprint density at radius 1 is 1.44 bits per heavy atom. The van der Waals surface area contributed by atoms with Crippen molar-refractivity contribution < 1.29 is 14.3 Å². The molecule has 1 aromatic rings. The van der Waals surface area contributed by atoms with Crippen molar-refractivity contribution in [2.45, 2.75) is 13.3 Å². The Labute approximate surface area is 98.5 Å². The zero-order valence-electron chi connectivity index (χ0n) is 9.04. The number of carbonyl (C=O) groups is 2. The summed E-state index contributed by atoms with van der Waals surface area (Å²) in [5.41, 5.74) is 0.759. The molecular formula is C11H12ClNO3. The lowest BCUT2D eigenvalue weighted by atomic mass is 10.2. The van der Waals surface area contributed by atoms with Crippen molar-refractivity contribution in [3.05, 3.63) is 28.8 Å². The lowest BCUT2D eigenvalue weighted by molar-refractivity contribution is -0.115. The van der Waals surface area contributed by atoms with E-state index < -0.39 is 5.97 Å². The summed E-state index contributed by atoms with van der Waals surface area (Å²) in [6, 6.07) is 4.66. The maximum Gasteiger partial charge on any atom is 0.339 e. The van der Waals surface area contributed by atoms with Crippen molar-refractivity contribution in [3.63, 3.8) is 0 Å². The van der Waals surface area contributed by atoms with Crippen LogP contribution in [0.4, 0.5) is 5.69 Å². The van der Waals surface area contributed by atoms with E-state index in [1.54, 1.807) is 19.1 Å². The Balaban J connectivity index is 2.98. The van der Waals surface area contributed by atoms with Crippen LogP contribution in [0, 0.1) is 0 Å². The van der Waals surface area contributed by atoms with Gasteiger partial charge in [-0.2, -0.15) is 0 Å². The Kier molecular flexibility index (Phi) is 4.31. The van der Waals surface area contributed by atoms with Crippen LogP contribution in [0.3, 0.4) is 0 Å². The number of carbonyl (C=O) groups excluding carboxylic acids is 2. The molecule has 1 N–H and O–H groups in total. The molecule has 0 atom stereocenters. The maximum atomic E-state index is 11.3. The van der Waals surface area contributed by atoms with Gasteiger partial charge < -0.3 is 10.1 Å². The highest BCUT2D eigenvalue weighted by Gasteiger charge is 2.11. The van der Waals surface area contributed by atoms with Crippen molar-refractivity contribution >= 4 is 29.2 Å². The smallest absolute Gasteiger partial charge is 0.339 e. The van der Waals surface area contributed by atoms with E-state index in [1.165, 1.54) is 13.2 Å². The van der Waals surface area contributed by atoms with Gasteiger partial charge in [-0.1, -0.05) is 18.5 Å². The minimum Gasteiger partial charge on any atom is -0.465 e. The highest BCUT2D eigenvalue weighted by atomic mass is 35.5. The first kappa shape index (κ1) is 12.5. The van der Waals surface area contributed by atoms with Gasteiger partial charge in [0.25, 0.3) is 0 Å². The average Bonchev–Trinajstić information content (AvgIpc) is 2.30. The topological polar surface area (TPSA) is 55.4 Å².